The molecule has 0 bridgehead atoms. The third kappa shape index (κ3) is 7.19. The van der Waals surface area contributed by atoms with Gasteiger partial charge >= 0.3 is 11.9 Å². The van der Waals surface area contributed by atoms with E-state index in [0.717, 1.165) is 0 Å². The normalized spacial score (nSPS) is 13.3. The number of amides is 1. The first-order chi connectivity index (χ1) is 12.1. The second-order valence-electron chi connectivity index (χ2n) is 6.25. The molecule has 1 amide bonds. The van der Waals surface area contributed by atoms with Gasteiger partial charge in [-0.2, -0.15) is 0 Å². The van der Waals surface area contributed by atoms with Crippen molar-refractivity contribution < 1.29 is 24.6 Å². The molecule has 0 saturated heterocycles. The van der Waals surface area contributed by atoms with Crippen LogP contribution in [0.25, 0.3) is 0 Å². The highest BCUT2D eigenvalue weighted by atomic mass is 35.5. The highest BCUT2D eigenvalue weighted by Gasteiger charge is 2.26. The van der Waals surface area contributed by atoms with Crippen LogP contribution in [0.1, 0.15) is 37.0 Å². The van der Waals surface area contributed by atoms with E-state index >= 15 is 0 Å². The van der Waals surface area contributed by atoms with E-state index in [2.05, 4.69) is 10.6 Å². The first-order valence-corrected chi connectivity index (χ1v) is 8.82. The minimum absolute atomic E-state index is 0.0150. The molecule has 26 heavy (non-hydrogen) atoms. The summed E-state index contributed by atoms with van der Waals surface area (Å²) in [5.41, 5.74) is 0.183. The molecule has 0 heterocycles. The van der Waals surface area contributed by atoms with E-state index < -0.39 is 29.9 Å². The zero-order chi connectivity index (χ0) is 19.9. The van der Waals surface area contributed by atoms with Crippen LogP contribution in [0.4, 0.5) is 0 Å². The van der Waals surface area contributed by atoms with Crippen LogP contribution in [0.3, 0.4) is 0 Å². The Morgan fingerprint density at radius 1 is 1.08 bits per heavy atom. The third-order valence-electron chi connectivity index (χ3n) is 3.60. The summed E-state index contributed by atoms with van der Waals surface area (Å²) in [4.78, 5) is 34.8. The molecular formula is C17H22Cl2N2O5. The molecule has 0 aliphatic rings. The number of nitrogens with one attached hydrogen (secondary N) is 2. The number of carbonyl (C=O) groups excluding carboxylic acids is 1. The van der Waals surface area contributed by atoms with Gasteiger partial charge in [-0.05, 0) is 37.0 Å². The molecule has 1 aromatic rings. The fourth-order valence-electron chi connectivity index (χ4n) is 2.33. The minimum Gasteiger partial charge on any atom is -0.480 e. The predicted molar refractivity (Wildman–Crippen MR) is 98.9 cm³/mol. The van der Waals surface area contributed by atoms with Crippen LogP contribution in [0.5, 0.6) is 0 Å². The van der Waals surface area contributed by atoms with Gasteiger partial charge < -0.3 is 15.5 Å². The Morgan fingerprint density at radius 3 is 2.23 bits per heavy atom. The Labute approximate surface area is 161 Å². The first-order valence-electron chi connectivity index (χ1n) is 8.06. The van der Waals surface area contributed by atoms with Crippen molar-refractivity contribution in [1.82, 2.24) is 10.6 Å². The van der Waals surface area contributed by atoms with Gasteiger partial charge in [0.15, 0.2) is 0 Å². The van der Waals surface area contributed by atoms with Crippen LogP contribution in [-0.4, -0.2) is 46.7 Å². The number of aliphatic carboxylic acids is 2. The van der Waals surface area contributed by atoms with Crippen LogP contribution in [0.15, 0.2) is 18.2 Å². The lowest BCUT2D eigenvalue weighted by atomic mass is 10.0. The van der Waals surface area contributed by atoms with Crippen LogP contribution < -0.4 is 10.6 Å². The van der Waals surface area contributed by atoms with Crippen LogP contribution in [-0.2, 0) is 9.59 Å². The Morgan fingerprint density at radius 2 is 1.69 bits per heavy atom. The predicted octanol–water partition coefficient (Wildman–Crippen LogP) is 2.66. The highest BCUT2D eigenvalue weighted by molar-refractivity contribution is 6.35. The van der Waals surface area contributed by atoms with E-state index in [1.165, 1.54) is 12.1 Å². The molecule has 0 aliphatic carbocycles. The Balaban J connectivity index is 2.65. The average molecular weight is 405 g/mol. The number of halogens is 2. The molecule has 0 aliphatic heterocycles. The van der Waals surface area contributed by atoms with Gasteiger partial charge in [-0.3, -0.25) is 19.7 Å². The number of carboxylic acids is 2. The number of hydrogen-bond acceptors (Lipinski definition) is 4. The van der Waals surface area contributed by atoms with Crippen LogP contribution in [0, 0.1) is 5.92 Å². The molecule has 1 aromatic carbocycles. The Kier molecular flexibility index (Phi) is 8.84. The molecule has 0 fully saturated rings. The SMILES string of the molecule is CC(C)CC(NC(CCNC(=O)c1cc(Cl)ccc1Cl)C(=O)O)C(=O)O. The molecule has 2 atom stereocenters. The minimum atomic E-state index is -1.19. The summed E-state index contributed by atoms with van der Waals surface area (Å²) in [7, 11) is 0. The van der Waals surface area contributed by atoms with Crippen molar-refractivity contribution in [2.24, 2.45) is 5.92 Å². The summed E-state index contributed by atoms with van der Waals surface area (Å²) in [6.45, 7) is 3.73. The molecule has 7 nitrogen and oxygen atoms in total. The molecule has 0 radical (unpaired) electrons. The highest BCUT2D eigenvalue weighted by Crippen LogP contribution is 2.20. The van der Waals surface area contributed by atoms with Crippen LogP contribution >= 0.6 is 23.2 Å². The number of rotatable bonds is 10. The van der Waals surface area contributed by atoms with Gasteiger partial charge in [-0.1, -0.05) is 37.0 Å². The molecule has 1 rings (SSSR count). The smallest absolute Gasteiger partial charge is 0.320 e. The van der Waals surface area contributed by atoms with Gasteiger partial charge in [0.25, 0.3) is 5.91 Å². The largest absolute Gasteiger partial charge is 0.480 e. The first kappa shape index (κ1) is 22.2. The lowest BCUT2D eigenvalue weighted by Gasteiger charge is -2.21. The standard InChI is InChI=1S/C17H22Cl2N2O5/c1-9(2)7-14(17(25)26)21-13(16(23)24)5-6-20-15(22)11-8-10(18)3-4-12(11)19/h3-4,8-9,13-14,21H,5-7H2,1-2H3,(H,20,22)(H,23,24)(H,25,26). The third-order valence-corrected chi connectivity index (χ3v) is 4.16. The van der Waals surface area contributed by atoms with Crippen molar-refractivity contribution in [3.05, 3.63) is 33.8 Å². The summed E-state index contributed by atoms with van der Waals surface area (Å²) in [6.07, 6.45) is 0.310. The topological polar surface area (TPSA) is 116 Å². The van der Waals surface area contributed by atoms with Crippen molar-refractivity contribution in [2.45, 2.75) is 38.8 Å². The number of hydrogen-bond donors (Lipinski definition) is 4. The van der Waals surface area contributed by atoms with E-state index in [1.54, 1.807) is 6.07 Å². The average Bonchev–Trinajstić information content (AvgIpc) is 2.54. The molecule has 9 heteroatoms. The number of benzene rings is 1. The summed E-state index contributed by atoms with van der Waals surface area (Å²) < 4.78 is 0. The van der Waals surface area contributed by atoms with Crippen LogP contribution in [0.2, 0.25) is 10.0 Å². The van der Waals surface area contributed by atoms with E-state index in [1.807, 2.05) is 13.8 Å². The fourth-order valence-corrected chi connectivity index (χ4v) is 2.70. The second-order valence-corrected chi connectivity index (χ2v) is 7.09. The lowest BCUT2D eigenvalue weighted by Crippen LogP contribution is -2.49. The number of carbonyl (C=O) groups is 3. The van der Waals surface area contributed by atoms with Crippen molar-refractivity contribution >= 4 is 41.0 Å². The number of carboxylic acid groups (broad SMARTS) is 2. The summed E-state index contributed by atoms with van der Waals surface area (Å²) >= 11 is 11.8. The molecular weight excluding hydrogens is 383 g/mol. The van der Waals surface area contributed by atoms with Gasteiger partial charge in [0.1, 0.15) is 12.1 Å². The summed E-state index contributed by atoms with van der Waals surface area (Å²) in [5.74, 6) is -2.70. The van der Waals surface area contributed by atoms with E-state index in [4.69, 9.17) is 23.2 Å². The van der Waals surface area contributed by atoms with Gasteiger partial charge in [0.05, 0.1) is 10.6 Å². The van der Waals surface area contributed by atoms with Gasteiger partial charge in [-0.15, -0.1) is 0 Å². The lowest BCUT2D eigenvalue weighted by molar-refractivity contribution is -0.143. The van der Waals surface area contributed by atoms with Gasteiger partial charge in [-0.25, -0.2) is 0 Å². The van der Waals surface area contributed by atoms with Crippen molar-refractivity contribution in [1.29, 1.82) is 0 Å². The second kappa shape index (κ2) is 10.4. The molecule has 0 saturated carbocycles. The summed E-state index contributed by atoms with van der Waals surface area (Å²) in [6, 6.07) is 2.37. The Hall–Kier alpha value is -1.83. The van der Waals surface area contributed by atoms with E-state index in [0.29, 0.717) is 11.4 Å². The monoisotopic (exact) mass is 404 g/mol. The van der Waals surface area contributed by atoms with Crippen molar-refractivity contribution in [2.75, 3.05) is 6.54 Å². The summed E-state index contributed by atoms with van der Waals surface area (Å²) in [5, 5.41) is 24.3. The van der Waals surface area contributed by atoms with E-state index in [9.17, 15) is 24.6 Å². The molecule has 0 aromatic heterocycles. The van der Waals surface area contributed by atoms with Crippen molar-refractivity contribution in [3.63, 3.8) is 0 Å². The van der Waals surface area contributed by atoms with E-state index in [-0.39, 0.29) is 29.5 Å². The zero-order valence-corrected chi connectivity index (χ0v) is 16.0. The maximum atomic E-state index is 12.1. The molecule has 2 unspecified atom stereocenters. The maximum absolute atomic E-state index is 12.1. The maximum Gasteiger partial charge on any atom is 0.320 e. The van der Waals surface area contributed by atoms with Gasteiger partial charge in [0.2, 0.25) is 0 Å². The Bertz CT molecular complexity index is 667. The van der Waals surface area contributed by atoms with Crippen molar-refractivity contribution in [3.8, 4) is 0 Å². The van der Waals surface area contributed by atoms with Gasteiger partial charge in [0, 0.05) is 11.6 Å². The fraction of sp³-hybridized carbons (Fsp3) is 0.471. The quantitative estimate of drug-likeness (QED) is 0.476. The molecule has 0 spiro atoms. The zero-order valence-electron chi connectivity index (χ0n) is 14.5. The molecule has 144 valence electrons. The molecule has 4 N–H and O–H groups in total.